The number of likely N-dealkylation sites (tertiary alicyclic amines) is 1. The number of rotatable bonds is 3. The molecule has 1 aromatic rings. The molecule has 0 aliphatic carbocycles. The Morgan fingerprint density at radius 1 is 1.58 bits per heavy atom. The fourth-order valence-corrected chi connectivity index (χ4v) is 3.16. The predicted molar refractivity (Wildman–Crippen MR) is 75.2 cm³/mol. The summed E-state index contributed by atoms with van der Waals surface area (Å²) in [5, 5.41) is 4.45. The van der Waals surface area contributed by atoms with Gasteiger partial charge in [-0.2, -0.15) is 0 Å². The third-order valence-electron chi connectivity index (χ3n) is 3.39. The van der Waals surface area contributed by atoms with Crippen LogP contribution in [0.1, 0.15) is 28.6 Å². The van der Waals surface area contributed by atoms with E-state index in [9.17, 15) is 9.59 Å². The molecule has 1 aromatic heterocycles. The number of hydrogen-bond acceptors (Lipinski definition) is 4. The van der Waals surface area contributed by atoms with Gasteiger partial charge < -0.3 is 16.0 Å². The maximum atomic E-state index is 12.4. The summed E-state index contributed by atoms with van der Waals surface area (Å²) in [6, 6.07) is 1.32. The number of hydrogen-bond donors (Lipinski definition) is 2. The van der Waals surface area contributed by atoms with Crippen LogP contribution in [0.5, 0.6) is 0 Å². The molecule has 19 heavy (non-hydrogen) atoms. The van der Waals surface area contributed by atoms with Crippen LogP contribution in [0.3, 0.4) is 0 Å². The molecular formula is C13H19N3O2S. The number of nitrogens with one attached hydrogen (secondary N) is 1. The molecule has 0 unspecified atom stereocenters. The molecule has 3 N–H and O–H groups in total. The van der Waals surface area contributed by atoms with Crippen molar-refractivity contribution in [3.8, 4) is 0 Å². The quantitative estimate of drug-likeness (QED) is 0.852. The van der Waals surface area contributed by atoms with E-state index in [4.69, 9.17) is 5.73 Å². The van der Waals surface area contributed by atoms with Gasteiger partial charge in [-0.05, 0) is 18.9 Å². The van der Waals surface area contributed by atoms with Gasteiger partial charge in [-0.25, -0.2) is 0 Å². The summed E-state index contributed by atoms with van der Waals surface area (Å²) < 4.78 is 0. The molecule has 2 rings (SSSR count). The number of nitrogens with zero attached hydrogens (tertiary/aromatic N) is 1. The average molecular weight is 281 g/mol. The van der Waals surface area contributed by atoms with Gasteiger partial charge in [0.15, 0.2) is 0 Å². The Morgan fingerprint density at radius 2 is 2.32 bits per heavy atom. The van der Waals surface area contributed by atoms with Crippen LogP contribution in [0.2, 0.25) is 0 Å². The minimum absolute atomic E-state index is 0.0995. The molecule has 6 heteroatoms. The zero-order chi connectivity index (χ0) is 14.0. The van der Waals surface area contributed by atoms with E-state index >= 15 is 0 Å². The Labute approximate surface area is 116 Å². The Kier molecular flexibility index (Phi) is 4.21. The number of nitrogens with two attached hydrogens (primary N) is 1. The van der Waals surface area contributed by atoms with E-state index in [1.807, 2.05) is 11.4 Å². The van der Waals surface area contributed by atoms with Crippen LogP contribution in [0.25, 0.3) is 0 Å². The molecule has 0 saturated carbocycles. The molecule has 1 aliphatic rings. The molecule has 0 bridgehead atoms. The van der Waals surface area contributed by atoms with Gasteiger partial charge in [-0.3, -0.25) is 9.59 Å². The second kappa shape index (κ2) is 5.71. The Bertz CT molecular complexity index is 486. The summed E-state index contributed by atoms with van der Waals surface area (Å²) in [6.07, 6.45) is 1.44. The first-order chi connectivity index (χ1) is 9.06. The highest BCUT2D eigenvalue weighted by Gasteiger charge is 2.38. The van der Waals surface area contributed by atoms with Gasteiger partial charge in [0.25, 0.3) is 5.91 Å². The summed E-state index contributed by atoms with van der Waals surface area (Å²) in [6.45, 7) is 2.49. The van der Waals surface area contributed by atoms with Crippen molar-refractivity contribution >= 4 is 23.2 Å². The molecule has 1 saturated heterocycles. The summed E-state index contributed by atoms with van der Waals surface area (Å²) in [5.41, 5.74) is 6.54. The van der Waals surface area contributed by atoms with Gasteiger partial charge in [-0.15, -0.1) is 11.3 Å². The molecule has 2 atom stereocenters. The third-order valence-corrected chi connectivity index (χ3v) is 4.47. The Morgan fingerprint density at radius 3 is 2.89 bits per heavy atom. The minimum Gasteiger partial charge on any atom is -0.357 e. The third kappa shape index (κ3) is 2.79. The lowest BCUT2D eigenvalue weighted by molar-refractivity contribution is -0.124. The van der Waals surface area contributed by atoms with E-state index in [0.29, 0.717) is 18.5 Å². The van der Waals surface area contributed by atoms with Crippen molar-refractivity contribution in [2.45, 2.75) is 31.8 Å². The molecule has 0 aromatic carbocycles. The van der Waals surface area contributed by atoms with Crippen LogP contribution >= 0.6 is 11.3 Å². The normalized spacial score (nSPS) is 22.6. The van der Waals surface area contributed by atoms with Crippen LogP contribution in [0.15, 0.2) is 11.4 Å². The van der Waals surface area contributed by atoms with Crippen LogP contribution < -0.4 is 11.1 Å². The average Bonchev–Trinajstić information content (AvgIpc) is 3.03. The number of amides is 2. The Balaban J connectivity index is 2.19. The first-order valence-electron chi connectivity index (χ1n) is 6.42. The van der Waals surface area contributed by atoms with Crippen molar-refractivity contribution in [2.24, 2.45) is 5.73 Å². The summed E-state index contributed by atoms with van der Waals surface area (Å²) in [5.74, 6) is -0.246. The molecule has 104 valence electrons. The number of aryl methyl sites for hydroxylation is 1. The van der Waals surface area contributed by atoms with Crippen molar-refractivity contribution in [2.75, 3.05) is 13.6 Å². The maximum absolute atomic E-state index is 12.4. The lowest BCUT2D eigenvalue weighted by Crippen LogP contribution is -2.44. The molecule has 1 aliphatic heterocycles. The number of thiophene rings is 1. The molecular weight excluding hydrogens is 262 g/mol. The summed E-state index contributed by atoms with van der Waals surface area (Å²) in [4.78, 5) is 27.0. The van der Waals surface area contributed by atoms with E-state index in [1.165, 1.54) is 4.88 Å². The fourth-order valence-electron chi connectivity index (χ4n) is 2.35. The molecule has 2 heterocycles. The monoisotopic (exact) mass is 281 g/mol. The van der Waals surface area contributed by atoms with Gasteiger partial charge >= 0.3 is 0 Å². The smallest absolute Gasteiger partial charge is 0.255 e. The van der Waals surface area contributed by atoms with Crippen molar-refractivity contribution in [3.63, 3.8) is 0 Å². The molecule has 5 nitrogen and oxygen atoms in total. The van der Waals surface area contributed by atoms with Crippen molar-refractivity contribution < 1.29 is 9.59 Å². The second-order valence-electron chi connectivity index (χ2n) is 4.74. The van der Waals surface area contributed by atoms with E-state index in [0.717, 1.165) is 6.42 Å². The topological polar surface area (TPSA) is 75.4 Å². The van der Waals surface area contributed by atoms with Crippen molar-refractivity contribution in [1.82, 2.24) is 10.2 Å². The predicted octanol–water partition coefficient (Wildman–Crippen LogP) is 0.598. The van der Waals surface area contributed by atoms with Gasteiger partial charge in [0.05, 0.1) is 5.56 Å². The molecule has 2 amide bonds. The second-order valence-corrected chi connectivity index (χ2v) is 5.73. The number of carbonyl (C=O) groups excluding carboxylic acids is 2. The largest absolute Gasteiger partial charge is 0.357 e. The van der Waals surface area contributed by atoms with Gasteiger partial charge in [0.1, 0.15) is 6.04 Å². The zero-order valence-electron chi connectivity index (χ0n) is 11.2. The maximum Gasteiger partial charge on any atom is 0.255 e. The lowest BCUT2D eigenvalue weighted by Gasteiger charge is -2.22. The standard InChI is InChI=1S/C13H19N3O2S/c1-3-10-4-8(7-19-10)13(18)16-6-9(14)5-11(16)12(17)15-2/h4,7,9,11H,3,5-6,14H2,1-2H3,(H,15,17)/t9-,11-/m0/s1. The SMILES string of the molecule is CCc1cc(C(=O)N2C[C@@H](N)C[C@H]2C(=O)NC)cs1. The number of likely N-dealkylation sites (N-methyl/N-ethyl adjacent to an activating group) is 1. The van der Waals surface area contributed by atoms with Crippen LogP contribution in [-0.2, 0) is 11.2 Å². The van der Waals surface area contributed by atoms with E-state index in [2.05, 4.69) is 12.2 Å². The first kappa shape index (κ1) is 14.0. The Hall–Kier alpha value is -1.40. The van der Waals surface area contributed by atoms with Crippen molar-refractivity contribution in [3.05, 3.63) is 21.9 Å². The van der Waals surface area contributed by atoms with Gasteiger partial charge in [0, 0.05) is 29.9 Å². The van der Waals surface area contributed by atoms with Crippen LogP contribution in [-0.4, -0.2) is 42.4 Å². The molecule has 0 radical (unpaired) electrons. The first-order valence-corrected chi connectivity index (χ1v) is 7.30. The van der Waals surface area contributed by atoms with E-state index in [1.54, 1.807) is 23.3 Å². The highest BCUT2D eigenvalue weighted by Crippen LogP contribution is 2.23. The van der Waals surface area contributed by atoms with Crippen LogP contribution in [0, 0.1) is 0 Å². The van der Waals surface area contributed by atoms with Crippen LogP contribution in [0.4, 0.5) is 0 Å². The van der Waals surface area contributed by atoms with Crippen molar-refractivity contribution in [1.29, 1.82) is 0 Å². The molecule has 1 fully saturated rings. The summed E-state index contributed by atoms with van der Waals surface area (Å²) in [7, 11) is 1.58. The van der Waals surface area contributed by atoms with Gasteiger partial charge in [-0.1, -0.05) is 6.92 Å². The lowest BCUT2D eigenvalue weighted by atomic mass is 10.1. The highest BCUT2D eigenvalue weighted by atomic mass is 32.1. The van der Waals surface area contributed by atoms with Gasteiger partial charge in [0.2, 0.25) is 5.91 Å². The minimum atomic E-state index is -0.447. The summed E-state index contributed by atoms with van der Waals surface area (Å²) >= 11 is 1.57. The molecule has 0 spiro atoms. The highest BCUT2D eigenvalue weighted by molar-refractivity contribution is 7.10. The van der Waals surface area contributed by atoms with E-state index in [-0.39, 0.29) is 17.9 Å². The van der Waals surface area contributed by atoms with E-state index < -0.39 is 6.04 Å². The zero-order valence-corrected chi connectivity index (χ0v) is 12.0. The number of carbonyl (C=O) groups is 2. The fraction of sp³-hybridized carbons (Fsp3) is 0.538.